The van der Waals surface area contributed by atoms with E-state index in [4.69, 9.17) is 5.26 Å². The summed E-state index contributed by atoms with van der Waals surface area (Å²) in [4.78, 5) is 23.4. The number of nitrogens with zero attached hydrogens (tertiary/aromatic N) is 3. The number of aryl methyl sites for hydroxylation is 2. The Morgan fingerprint density at radius 3 is 2.92 bits per heavy atom. The SMILES string of the molecule is N#Cc1ccc(NC(=O)CSc2ncnc3sc4c(c23)CCC4)cc1. The molecule has 124 valence electrons. The van der Waals surface area contributed by atoms with Crippen molar-refractivity contribution in [1.29, 1.82) is 5.26 Å². The number of amides is 1. The third-order valence-corrected chi connectivity index (χ3v) is 6.29. The highest BCUT2D eigenvalue weighted by Crippen LogP contribution is 2.39. The standard InChI is InChI=1S/C18H14N4OS2/c19-8-11-4-6-12(7-5-11)22-15(23)9-24-17-16-13-2-1-3-14(13)25-18(16)21-10-20-17/h4-7,10H,1-3,9H2,(H,22,23). The number of thioether (sulfide) groups is 1. The third-order valence-electron chi connectivity index (χ3n) is 4.10. The number of rotatable bonds is 4. The largest absolute Gasteiger partial charge is 0.325 e. The molecule has 1 aliphatic carbocycles. The predicted molar refractivity (Wildman–Crippen MR) is 100.0 cm³/mol. The van der Waals surface area contributed by atoms with Crippen LogP contribution < -0.4 is 5.32 Å². The maximum atomic E-state index is 12.2. The van der Waals surface area contributed by atoms with Gasteiger partial charge in [-0.05, 0) is 49.1 Å². The summed E-state index contributed by atoms with van der Waals surface area (Å²) in [5.74, 6) is 0.199. The van der Waals surface area contributed by atoms with Crippen LogP contribution >= 0.6 is 23.1 Å². The van der Waals surface area contributed by atoms with Gasteiger partial charge in [0, 0.05) is 16.0 Å². The van der Waals surface area contributed by atoms with Crippen molar-refractivity contribution in [2.45, 2.75) is 24.3 Å². The number of fused-ring (bicyclic) bond motifs is 3. The predicted octanol–water partition coefficient (Wildman–Crippen LogP) is 3.78. The van der Waals surface area contributed by atoms with Crippen LogP contribution in [0.15, 0.2) is 35.6 Å². The molecule has 1 aliphatic rings. The van der Waals surface area contributed by atoms with E-state index in [0.717, 1.165) is 28.1 Å². The van der Waals surface area contributed by atoms with Gasteiger partial charge in [-0.1, -0.05) is 11.8 Å². The van der Waals surface area contributed by atoms with Gasteiger partial charge in [0.25, 0.3) is 0 Å². The number of thiophene rings is 1. The highest BCUT2D eigenvalue weighted by atomic mass is 32.2. The van der Waals surface area contributed by atoms with Gasteiger partial charge >= 0.3 is 0 Å². The van der Waals surface area contributed by atoms with E-state index < -0.39 is 0 Å². The first-order chi connectivity index (χ1) is 12.2. The molecule has 0 bridgehead atoms. The van der Waals surface area contributed by atoms with Crippen molar-refractivity contribution in [3.63, 3.8) is 0 Å². The van der Waals surface area contributed by atoms with Crippen LogP contribution in [0.25, 0.3) is 10.2 Å². The molecule has 4 rings (SSSR count). The minimum absolute atomic E-state index is 0.0895. The zero-order valence-electron chi connectivity index (χ0n) is 13.3. The fraction of sp³-hybridized carbons (Fsp3) is 0.222. The van der Waals surface area contributed by atoms with E-state index in [2.05, 4.69) is 21.4 Å². The molecule has 0 unspecified atom stereocenters. The average Bonchev–Trinajstić information content (AvgIpc) is 3.21. The molecule has 0 spiro atoms. The second-order valence-electron chi connectivity index (χ2n) is 5.74. The number of nitrogens with one attached hydrogen (secondary N) is 1. The van der Waals surface area contributed by atoms with Crippen LogP contribution in [0.4, 0.5) is 5.69 Å². The van der Waals surface area contributed by atoms with E-state index in [0.29, 0.717) is 11.3 Å². The van der Waals surface area contributed by atoms with E-state index in [1.54, 1.807) is 41.9 Å². The molecule has 5 nitrogen and oxygen atoms in total. The van der Waals surface area contributed by atoms with Gasteiger partial charge in [0.05, 0.1) is 17.4 Å². The topological polar surface area (TPSA) is 78.7 Å². The smallest absolute Gasteiger partial charge is 0.234 e. The van der Waals surface area contributed by atoms with Gasteiger partial charge < -0.3 is 5.32 Å². The first kappa shape index (κ1) is 16.1. The molecule has 2 heterocycles. The third kappa shape index (κ3) is 3.23. The van der Waals surface area contributed by atoms with Gasteiger partial charge in [-0.2, -0.15) is 5.26 Å². The van der Waals surface area contributed by atoms with E-state index in [1.165, 1.54) is 28.6 Å². The summed E-state index contributed by atoms with van der Waals surface area (Å²) >= 11 is 3.20. The molecule has 0 fully saturated rings. The average molecular weight is 366 g/mol. The Balaban J connectivity index is 1.47. The van der Waals surface area contributed by atoms with Crippen molar-refractivity contribution in [3.05, 3.63) is 46.6 Å². The van der Waals surface area contributed by atoms with Gasteiger partial charge in [0.1, 0.15) is 16.2 Å². The summed E-state index contributed by atoms with van der Waals surface area (Å²) in [5, 5.41) is 13.7. The molecular formula is C18H14N4OS2. The van der Waals surface area contributed by atoms with Crippen LogP contribution in [-0.2, 0) is 17.6 Å². The zero-order valence-corrected chi connectivity index (χ0v) is 14.9. The molecule has 1 amide bonds. The Kier molecular flexibility index (Phi) is 4.38. The quantitative estimate of drug-likeness (QED) is 0.561. The Morgan fingerprint density at radius 1 is 1.28 bits per heavy atom. The number of nitriles is 1. The molecule has 25 heavy (non-hydrogen) atoms. The summed E-state index contributed by atoms with van der Waals surface area (Å²) in [5.41, 5.74) is 2.63. The second kappa shape index (κ2) is 6.82. The normalized spacial score (nSPS) is 12.8. The van der Waals surface area contributed by atoms with Crippen molar-refractivity contribution in [1.82, 2.24) is 9.97 Å². The van der Waals surface area contributed by atoms with Crippen LogP contribution in [0.3, 0.4) is 0 Å². The molecule has 2 aromatic heterocycles. The Hall–Kier alpha value is -2.43. The molecule has 0 radical (unpaired) electrons. The number of aromatic nitrogens is 2. The van der Waals surface area contributed by atoms with Gasteiger partial charge in [0.2, 0.25) is 5.91 Å². The van der Waals surface area contributed by atoms with Crippen molar-refractivity contribution < 1.29 is 4.79 Å². The number of hydrogen-bond acceptors (Lipinski definition) is 6. The van der Waals surface area contributed by atoms with Gasteiger partial charge in [-0.15, -0.1) is 11.3 Å². The molecule has 0 saturated heterocycles. The number of carbonyl (C=O) groups excluding carboxylic acids is 1. The number of benzene rings is 1. The minimum Gasteiger partial charge on any atom is -0.325 e. The summed E-state index contributed by atoms with van der Waals surface area (Å²) in [6, 6.07) is 8.89. The monoisotopic (exact) mass is 366 g/mol. The lowest BCUT2D eigenvalue weighted by molar-refractivity contribution is -0.113. The van der Waals surface area contributed by atoms with E-state index in [1.807, 2.05) is 0 Å². The van der Waals surface area contributed by atoms with Crippen LogP contribution in [0.1, 0.15) is 22.4 Å². The zero-order chi connectivity index (χ0) is 17.2. The Morgan fingerprint density at radius 2 is 2.12 bits per heavy atom. The number of carbonyl (C=O) groups is 1. The lowest BCUT2D eigenvalue weighted by Gasteiger charge is -2.06. The summed E-state index contributed by atoms with van der Waals surface area (Å²) in [7, 11) is 0. The van der Waals surface area contributed by atoms with Crippen molar-refractivity contribution in [2.75, 3.05) is 11.1 Å². The van der Waals surface area contributed by atoms with E-state index >= 15 is 0 Å². The maximum absolute atomic E-state index is 12.2. The van der Waals surface area contributed by atoms with Crippen LogP contribution in [-0.4, -0.2) is 21.6 Å². The van der Waals surface area contributed by atoms with Crippen molar-refractivity contribution >= 4 is 44.9 Å². The van der Waals surface area contributed by atoms with Crippen LogP contribution in [0.2, 0.25) is 0 Å². The number of anilines is 1. The highest BCUT2D eigenvalue weighted by Gasteiger charge is 2.21. The molecule has 1 N–H and O–H groups in total. The molecule has 3 aromatic rings. The first-order valence-electron chi connectivity index (χ1n) is 7.92. The summed E-state index contributed by atoms with van der Waals surface area (Å²) in [6.45, 7) is 0. The van der Waals surface area contributed by atoms with E-state index in [-0.39, 0.29) is 11.7 Å². The summed E-state index contributed by atoms with van der Waals surface area (Å²) < 4.78 is 0. The Bertz CT molecular complexity index is 989. The molecule has 0 saturated carbocycles. The van der Waals surface area contributed by atoms with Gasteiger partial charge in [0.15, 0.2) is 0 Å². The fourth-order valence-electron chi connectivity index (χ4n) is 2.97. The second-order valence-corrected chi connectivity index (χ2v) is 7.79. The maximum Gasteiger partial charge on any atom is 0.234 e. The van der Waals surface area contributed by atoms with Crippen molar-refractivity contribution in [2.24, 2.45) is 0 Å². The van der Waals surface area contributed by atoms with Crippen LogP contribution in [0, 0.1) is 11.3 Å². The number of hydrogen-bond donors (Lipinski definition) is 1. The molecule has 1 aromatic carbocycles. The summed E-state index contributed by atoms with van der Waals surface area (Å²) in [6.07, 6.45) is 4.97. The minimum atomic E-state index is -0.0895. The highest BCUT2D eigenvalue weighted by molar-refractivity contribution is 8.00. The molecular weight excluding hydrogens is 352 g/mol. The molecule has 0 atom stereocenters. The molecule has 0 aliphatic heterocycles. The first-order valence-corrected chi connectivity index (χ1v) is 9.73. The van der Waals surface area contributed by atoms with Crippen LogP contribution in [0.5, 0.6) is 0 Å². The van der Waals surface area contributed by atoms with Gasteiger partial charge in [-0.3, -0.25) is 4.79 Å². The lowest BCUT2D eigenvalue weighted by atomic mass is 10.2. The Labute approximate surface area is 153 Å². The fourth-order valence-corrected chi connectivity index (χ4v) is 5.09. The lowest BCUT2D eigenvalue weighted by Crippen LogP contribution is -2.14. The van der Waals surface area contributed by atoms with Gasteiger partial charge in [-0.25, -0.2) is 9.97 Å². The van der Waals surface area contributed by atoms with E-state index in [9.17, 15) is 4.79 Å². The van der Waals surface area contributed by atoms with Crippen molar-refractivity contribution in [3.8, 4) is 6.07 Å². The molecule has 7 heteroatoms.